The van der Waals surface area contributed by atoms with Crippen LogP contribution in [0.4, 0.5) is 8.78 Å². The molecule has 0 spiro atoms. The van der Waals surface area contributed by atoms with Crippen LogP contribution in [0, 0.1) is 48.1 Å². The number of thiophene rings is 2. The number of rotatable bonds is 24. The molecule has 2 aromatic carbocycles. The minimum atomic E-state index is -1.40. The summed E-state index contributed by atoms with van der Waals surface area (Å²) < 4.78 is 57.1. The van der Waals surface area contributed by atoms with Crippen molar-refractivity contribution < 1.29 is 37.3 Å². The molecule has 6 aromatic heterocycles. The van der Waals surface area contributed by atoms with Gasteiger partial charge in [0.1, 0.15) is 67.1 Å². The third kappa shape index (κ3) is 11.4. The Bertz CT molecular complexity index is 3960. The number of nitriles is 2. The molecule has 0 radical (unpaired) electrons. The van der Waals surface area contributed by atoms with E-state index in [2.05, 4.69) is 31.0 Å². The number of halogens is 2. The van der Waals surface area contributed by atoms with E-state index < -0.39 is 70.2 Å². The van der Waals surface area contributed by atoms with Gasteiger partial charge in [-0.3, -0.25) is 28.3 Å². The van der Waals surface area contributed by atoms with E-state index in [1.54, 1.807) is 20.8 Å². The molecule has 0 saturated heterocycles. The second-order valence-electron chi connectivity index (χ2n) is 18.1. The van der Waals surface area contributed by atoms with Crippen molar-refractivity contribution in [3.05, 3.63) is 136 Å². The third-order valence-corrected chi connectivity index (χ3v) is 15.7. The number of fused-ring (bicyclic) bond motifs is 2. The van der Waals surface area contributed by atoms with Crippen LogP contribution in [0.2, 0.25) is 0 Å². The van der Waals surface area contributed by atoms with Gasteiger partial charge in [0.25, 0.3) is 11.1 Å². The summed E-state index contributed by atoms with van der Waals surface area (Å²) in [5.74, 6) is -2.06. The lowest BCUT2D eigenvalue weighted by Gasteiger charge is -2.23. The third-order valence-electron chi connectivity index (χ3n) is 13.2. The fourth-order valence-electron chi connectivity index (χ4n) is 9.16. The van der Waals surface area contributed by atoms with E-state index in [0.29, 0.717) is 26.8 Å². The highest BCUT2D eigenvalue weighted by atomic mass is 32.1. The van der Waals surface area contributed by atoms with Crippen molar-refractivity contribution in [3.8, 4) is 33.6 Å². The molecular formula is C52H54F2N14O10S2. The molecule has 6 heterocycles. The van der Waals surface area contributed by atoms with Crippen LogP contribution in [0.25, 0.3) is 30.4 Å². The van der Waals surface area contributed by atoms with E-state index >= 15 is 0 Å². The topological polar surface area (TPSA) is 292 Å². The molecule has 2 N–H and O–H groups in total. The predicted octanol–water partition coefficient (Wildman–Crippen LogP) is 4.80. The molecule has 418 valence electrons. The van der Waals surface area contributed by atoms with E-state index in [1.807, 2.05) is 12.1 Å². The van der Waals surface area contributed by atoms with Crippen LogP contribution in [-0.2, 0) is 38.6 Å². The summed E-state index contributed by atoms with van der Waals surface area (Å²) in [6.45, 7) is 7.14. The molecule has 0 unspecified atom stereocenters. The largest absolute Gasteiger partial charge is 0.496 e. The summed E-state index contributed by atoms with van der Waals surface area (Å²) in [6, 6.07) is 8.91. The Labute approximate surface area is 461 Å². The maximum absolute atomic E-state index is 14.8. The number of methoxy groups -OCH3 is 2. The van der Waals surface area contributed by atoms with Crippen LogP contribution in [0.15, 0.2) is 74.2 Å². The SMILES string of the molecule is CCNC(=O)[C@H](C)n1c(=O)c2c(C)c(-n3ncc(CCNC(=O)[C@@H](C)n4c(=O)c5c(C)c(-n6nccn6)sc5n(C[C@H](OCCC#N)c5cc(F)ccc5OC)c4=O)n3)sc2n(C[C@H](OCCC#N)c2cc(F)ccc2OC)c1=O. The molecule has 4 atom stereocenters. The van der Waals surface area contributed by atoms with Gasteiger partial charge in [0.2, 0.25) is 11.8 Å². The van der Waals surface area contributed by atoms with Crippen LogP contribution < -0.4 is 42.6 Å². The average Bonchev–Trinajstić information content (AvgIpc) is 4.38. The molecule has 0 aliphatic rings. The lowest BCUT2D eigenvalue weighted by molar-refractivity contribution is -0.124. The number of hydrogen-bond donors (Lipinski definition) is 2. The van der Waals surface area contributed by atoms with Crippen LogP contribution in [0.5, 0.6) is 11.5 Å². The molecule has 80 heavy (non-hydrogen) atoms. The standard InChI is InChI=1S/C52H54F2N14O10S2/c1-8-57-43(69)30(4)65-46(72)42-29(3)48(80-50(42)64(51(65)73)27-40(78-22-10-17-56)36-24-33(54)12-14-38(36)76-7)68-61-25-34(62-68)15-18-58-44(70)31(5)66-45(71)41-28(2)47(67-59-19-20-60-67)79-49(41)63(52(66)74)26-39(77-21-9-16-55)35-23-32(53)11-13-37(35)75-6/h11-14,19-20,23-25,30-31,39-40H,8-10,15,18,21-22,26-27H2,1-7H3,(H,57,69)(H,58,70)/t30-,31+,39-,40-/m0/s1. The lowest BCUT2D eigenvalue weighted by atomic mass is 10.1. The van der Waals surface area contributed by atoms with Crippen molar-refractivity contribution in [1.82, 2.24) is 58.9 Å². The first-order valence-corrected chi connectivity index (χ1v) is 26.7. The summed E-state index contributed by atoms with van der Waals surface area (Å²) in [5, 5.41) is 42.5. The first kappa shape index (κ1) is 57.5. The molecule has 0 fully saturated rings. The van der Waals surface area contributed by atoms with Gasteiger partial charge < -0.3 is 29.6 Å². The number of nitrogens with zero attached hydrogens (tertiary/aromatic N) is 12. The van der Waals surface area contributed by atoms with Gasteiger partial charge in [-0.25, -0.2) is 27.5 Å². The number of nitrogens with one attached hydrogen (secondary N) is 2. The Morgan fingerprint density at radius 3 is 1.61 bits per heavy atom. The van der Waals surface area contributed by atoms with Gasteiger partial charge in [-0.05, 0) is 71.0 Å². The zero-order valence-corrected chi connectivity index (χ0v) is 46.0. The van der Waals surface area contributed by atoms with Crippen molar-refractivity contribution in [2.75, 3.05) is 40.5 Å². The molecule has 24 nitrogen and oxygen atoms in total. The van der Waals surface area contributed by atoms with E-state index in [0.717, 1.165) is 31.8 Å². The summed E-state index contributed by atoms with van der Waals surface area (Å²) in [6.07, 6.45) is 2.16. The lowest BCUT2D eigenvalue weighted by Crippen LogP contribution is -2.46. The fourth-order valence-corrected chi connectivity index (χ4v) is 11.6. The average molecular weight is 1140 g/mol. The molecular weight excluding hydrogens is 1080 g/mol. The number of carbonyl (C=O) groups excluding carboxylic acids is 2. The highest BCUT2D eigenvalue weighted by molar-refractivity contribution is 7.21. The first-order chi connectivity index (χ1) is 38.5. The van der Waals surface area contributed by atoms with Crippen molar-refractivity contribution >= 4 is 54.9 Å². The van der Waals surface area contributed by atoms with Crippen molar-refractivity contribution in [3.63, 3.8) is 0 Å². The van der Waals surface area contributed by atoms with Crippen LogP contribution in [0.1, 0.15) is 85.9 Å². The molecule has 0 aliphatic carbocycles. The molecule has 2 amide bonds. The Kier molecular flexibility index (Phi) is 17.9. The second-order valence-corrected chi connectivity index (χ2v) is 20.1. The van der Waals surface area contributed by atoms with E-state index in [9.17, 15) is 48.1 Å². The molecule has 0 saturated carbocycles. The highest BCUT2D eigenvalue weighted by Crippen LogP contribution is 2.36. The number of aromatic nitrogens is 10. The number of benzene rings is 2. The van der Waals surface area contributed by atoms with Crippen molar-refractivity contribution in [2.24, 2.45) is 0 Å². The maximum atomic E-state index is 14.8. The zero-order valence-electron chi connectivity index (χ0n) is 44.4. The monoisotopic (exact) mass is 1140 g/mol. The van der Waals surface area contributed by atoms with E-state index in [1.165, 1.54) is 102 Å². The summed E-state index contributed by atoms with van der Waals surface area (Å²) >= 11 is 2.05. The molecule has 0 aliphatic heterocycles. The Hall–Kier alpha value is -8.70. The molecule has 8 aromatic rings. The van der Waals surface area contributed by atoms with Gasteiger partial charge in [-0.2, -0.15) is 30.9 Å². The first-order valence-electron chi connectivity index (χ1n) is 25.0. The van der Waals surface area contributed by atoms with Gasteiger partial charge in [0, 0.05) is 41.8 Å². The molecule has 28 heteroatoms. The maximum Gasteiger partial charge on any atom is 0.332 e. The van der Waals surface area contributed by atoms with Crippen LogP contribution >= 0.6 is 22.7 Å². The quantitative estimate of drug-likeness (QED) is 0.0769. The van der Waals surface area contributed by atoms with Crippen LogP contribution in [-0.4, -0.2) is 101 Å². The number of likely N-dealkylation sites (N-methyl/N-ethyl adjacent to an activating group) is 1. The summed E-state index contributed by atoms with van der Waals surface area (Å²) in [7, 11) is 2.77. The van der Waals surface area contributed by atoms with E-state index in [4.69, 9.17) is 18.9 Å². The number of carbonyl (C=O) groups is 2. The van der Waals surface area contributed by atoms with E-state index in [-0.39, 0.29) is 102 Å². The Balaban J connectivity index is 1.11. The normalized spacial score (nSPS) is 12.9. The van der Waals surface area contributed by atoms with Crippen molar-refractivity contribution in [1.29, 1.82) is 10.5 Å². The summed E-state index contributed by atoms with van der Waals surface area (Å²) in [5.41, 5.74) is -1.70. The number of aryl methyl sites for hydroxylation is 2. The fraction of sp³-hybridized carbons (Fsp3) is 0.385. The zero-order chi connectivity index (χ0) is 57.5. The minimum Gasteiger partial charge on any atom is -0.496 e. The minimum absolute atomic E-state index is 0.0319. The van der Waals surface area contributed by atoms with Gasteiger partial charge in [-0.1, -0.05) is 22.7 Å². The van der Waals surface area contributed by atoms with Crippen LogP contribution in [0.3, 0.4) is 0 Å². The number of ether oxygens (including phenoxy) is 4. The second kappa shape index (κ2) is 25.0. The number of amides is 2. The van der Waals surface area contributed by atoms with Gasteiger partial charge in [-0.15, -0.1) is 9.59 Å². The van der Waals surface area contributed by atoms with Gasteiger partial charge in [0.15, 0.2) is 0 Å². The molecule has 8 rings (SSSR count). The predicted molar refractivity (Wildman–Crippen MR) is 289 cm³/mol. The smallest absolute Gasteiger partial charge is 0.332 e. The van der Waals surface area contributed by atoms with Gasteiger partial charge >= 0.3 is 11.4 Å². The Morgan fingerprint density at radius 1 is 0.700 bits per heavy atom. The molecule has 0 bridgehead atoms. The van der Waals surface area contributed by atoms with Crippen molar-refractivity contribution in [2.45, 2.75) is 91.3 Å². The number of hydrogen-bond acceptors (Lipinski definition) is 18. The highest BCUT2D eigenvalue weighted by Gasteiger charge is 2.32. The Morgan fingerprint density at radius 2 is 1.16 bits per heavy atom. The van der Waals surface area contributed by atoms with Gasteiger partial charge in [0.05, 0.1) is 101 Å². The summed E-state index contributed by atoms with van der Waals surface area (Å²) in [4.78, 5) is 88.6.